The highest BCUT2D eigenvalue weighted by molar-refractivity contribution is 7.80. The van der Waals surface area contributed by atoms with E-state index in [9.17, 15) is 4.79 Å². The summed E-state index contributed by atoms with van der Waals surface area (Å²) < 4.78 is 11.3. The van der Waals surface area contributed by atoms with Crippen molar-refractivity contribution in [3.63, 3.8) is 0 Å². The van der Waals surface area contributed by atoms with Gasteiger partial charge in [-0.05, 0) is 67.7 Å². The first-order valence-corrected chi connectivity index (χ1v) is 10.3. The van der Waals surface area contributed by atoms with E-state index in [0.29, 0.717) is 28.3 Å². The van der Waals surface area contributed by atoms with Crippen LogP contribution >= 0.6 is 23.8 Å². The molecule has 1 aromatic carbocycles. The number of aromatic nitrogens is 1. The highest BCUT2D eigenvalue weighted by Gasteiger charge is 2.42. The average molecular weight is 442 g/mol. The van der Waals surface area contributed by atoms with Crippen LogP contribution in [0.3, 0.4) is 0 Å². The van der Waals surface area contributed by atoms with Gasteiger partial charge in [-0.15, -0.1) is 0 Å². The van der Waals surface area contributed by atoms with Gasteiger partial charge in [-0.3, -0.25) is 9.78 Å². The van der Waals surface area contributed by atoms with Crippen molar-refractivity contribution in [2.24, 2.45) is 0 Å². The maximum absolute atomic E-state index is 12.2. The Morgan fingerprint density at radius 1 is 1.23 bits per heavy atom. The van der Waals surface area contributed by atoms with Crippen molar-refractivity contribution in [3.05, 3.63) is 77.3 Å². The van der Waals surface area contributed by atoms with Crippen LogP contribution in [0.1, 0.15) is 30.5 Å². The first-order chi connectivity index (χ1) is 14.6. The number of nitrogens with zero attached hydrogens (tertiary/aromatic N) is 2. The summed E-state index contributed by atoms with van der Waals surface area (Å²) in [7, 11) is 0. The number of esters is 1. The highest BCUT2D eigenvalue weighted by Crippen LogP contribution is 2.40. The van der Waals surface area contributed by atoms with Gasteiger partial charge in [-0.1, -0.05) is 17.7 Å². The second-order valence-electron chi connectivity index (χ2n) is 6.77. The van der Waals surface area contributed by atoms with Crippen LogP contribution in [0, 0.1) is 0 Å². The Labute approximate surface area is 184 Å². The van der Waals surface area contributed by atoms with Crippen molar-refractivity contribution in [1.29, 1.82) is 0 Å². The smallest absolute Gasteiger partial charge is 0.325 e. The van der Waals surface area contributed by atoms with E-state index in [0.717, 1.165) is 11.3 Å². The molecule has 1 N–H and O–H groups in total. The minimum absolute atomic E-state index is 0.0185. The van der Waals surface area contributed by atoms with Crippen LogP contribution in [0.5, 0.6) is 0 Å². The number of ether oxygens (including phenoxy) is 1. The zero-order valence-electron chi connectivity index (χ0n) is 16.2. The molecule has 0 saturated carbocycles. The number of nitrogens with one attached hydrogen (secondary N) is 1. The van der Waals surface area contributed by atoms with Gasteiger partial charge in [-0.2, -0.15) is 0 Å². The van der Waals surface area contributed by atoms with Crippen molar-refractivity contribution >= 4 is 34.9 Å². The second-order valence-corrected chi connectivity index (χ2v) is 7.59. The fourth-order valence-electron chi connectivity index (χ4n) is 3.51. The molecular weight excluding hydrogens is 422 g/mol. The second kappa shape index (κ2) is 8.85. The first kappa shape index (κ1) is 20.4. The highest BCUT2D eigenvalue weighted by atomic mass is 35.5. The van der Waals surface area contributed by atoms with E-state index in [1.807, 2.05) is 54.6 Å². The molecule has 3 aromatic rings. The Balaban J connectivity index is 1.70. The Bertz CT molecular complexity index is 1040. The molecule has 8 heteroatoms. The third kappa shape index (κ3) is 4.17. The predicted octanol–water partition coefficient (Wildman–Crippen LogP) is 4.53. The molecule has 154 valence electrons. The lowest BCUT2D eigenvalue weighted by Gasteiger charge is -2.25. The fraction of sp³-hybridized carbons (Fsp3) is 0.227. The van der Waals surface area contributed by atoms with Crippen molar-refractivity contribution in [3.8, 4) is 11.3 Å². The molecule has 30 heavy (non-hydrogen) atoms. The van der Waals surface area contributed by atoms with Crippen molar-refractivity contribution in [2.75, 3.05) is 13.2 Å². The van der Waals surface area contributed by atoms with Crippen LogP contribution in [-0.4, -0.2) is 34.1 Å². The Morgan fingerprint density at radius 2 is 2.03 bits per heavy atom. The monoisotopic (exact) mass is 441 g/mol. The number of carbonyl (C=O) groups excluding carboxylic acids is 1. The third-order valence-electron chi connectivity index (χ3n) is 4.85. The maximum atomic E-state index is 12.2. The third-order valence-corrected chi connectivity index (χ3v) is 5.45. The molecule has 0 radical (unpaired) electrons. The molecule has 3 heterocycles. The van der Waals surface area contributed by atoms with E-state index in [4.69, 9.17) is 33.0 Å². The fourth-order valence-corrected chi connectivity index (χ4v) is 3.94. The average Bonchev–Trinajstić information content (AvgIpc) is 3.35. The number of benzene rings is 1. The normalized spacial score (nSPS) is 18.3. The minimum atomic E-state index is -0.349. The van der Waals surface area contributed by atoms with Crippen LogP contribution < -0.4 is 5.32 Å². The number of thiocarbonyl (C=S) groups is 1. The van der Waals surface area contributed by atoms with Crippen molar-refractivity contribution in [2.45, 2.75) is 19.0 Å². The summed E-state index contributed by atoms with van der Waals surface area (Å²) in [6.07, 6.45) is 1.73. The zero-order valence-corrected chi connectivity index (χ0v) is 17.8. The predicted molar refractivity (Wildman–Crippen MR) is 118 cm³/mol. The Kier molecular flexibility index (Phi) is 6.01. The van der Waals surface area contributed by atoms with E-state index < -0.39 is 0 Å². The van der Waals surface area contributed by atoms with Gasteiger partial charge in [0, 0.05) is 16.8 Å². The summed E-state index contributed by atoms with van der Waals surface area (Å²) in [5.74, 6) is 1.03. The summed E-state index contributed by atoms with van der Waals surface area (Å²) in [5.41, 5.74) is 1.71. The quantitative estimate of drug-likeness (QED) is 0.445. The van der Waals surface area contributed by atoms with Gasteiger partial charge < -0.3 is 19.4 Å². The molecule has 0 amide bonds. The number of hydrogen-bond donors (Lipinski definition) is 1. The molecule has 0 aliphatic carbocycles. The van der Waals surface area contributed by atoms with E-state index >= 15 is 0 Å². The van der Waals surface area contributed by atoms with E-state index in [-0.39, 0.29) is 24.6 Å². The zero-order chi connectivity index (χ0) is 21.1. The number of halogens is 1. The number of rotatable bonds is 6. The van der Waals surface area contributed by atoms with E-state index in [2.05, 4.69) is 10.3 Å². The van der Waals surface area contributed by atoms with Crippen LogP contribution in [0.4, 0.5) is 0 Å². The van der Waals surface area contributed by atoms with Crippen molar-refractivity contribution < 1.29 is 13.9 Å². The summed E-state index contributed by atoms with van der Waals surface area (Å²) in [4.78, 5) is 18.5. The summed E-state index contributed by atoms with van der Waals surface area (Å²) >= 11 is 11.5. The number of hydrogen-bond acceptors (Lipinski definition) is 5. The molecule has 1 aliphatic heterocycles. The molecule has 1 saturated heterocycles. The lowest BCUT2D eigenvalue weighted by molar-refractivity contribution is -0.143. The van der Waals surface area contributed by atoms with Crippen LogP contribution in [-0.2, 0) is 9.53 Å². The van der Waals surface area contributed by atoms with Crippen molar-refractivity contribution in [1.82, 2.24) is 15.2 Å². The SMILES string of the molecule is CCOC(=O)CN1C(=S)N[C@H](c2ccccn2)[C@@H]1c1ccc(-c2ccc(Cl)cc2)o1. The van der Waals surface area contributed by atoms with Gasteiger partial charge in [0.05, 0.1) is 18.3 Å². The summed E-state index contributed by atoms with van der Waals surface area (Å²) in [5, 5.41) is 4.39. The minimum Gasteiger partial charge on any atom is -0.465 e. The molecule has 0 unspecified atom stereocenters. The van der Waals surface area contributed by atoms with E-state index in [1.165, 1.54) is 0 Å². The molecule has 0 spiro atoms. The number of carbonyl (C=O) groups is 1. The van der Waals surface area contributed by atoms with Crippen LogP contribution in [0.25, 0.3) is 11.3 Å². The molecule has 6 nitrogen and oxygen atoms in total. The topological polar surface area (TPSA) is 67.6 Å². The van der Waals surface area contributed by atoms with Crippen LogP contribution in [0.2, 0.25) is 5.02 Å². The van der Waals surface area contributed by atoms with Gasteiger partial charge in [0.15, 0.2) is 5.11 Å². The molecule has 4 rings (SSSR count). The van der Waals surface area contributed by atoms with Gasteiger partial charge >= 0.3 is 5.97 Å². The van der Waals surface area contributed by atoms with E-state index in [1.54, 1.807) is 18.0 Å². The molecule has 2 atom stereocenters. The van der Waals surface area contributed by atoms with Gasteiger partial charge in [-0.25, -0.2) is 0 Å². The summed E-state index contributed by atoms with van der Waals surface area (Å²) in [6, 6.07) is 16.3. The molecular formula is C22H20ClN3O3S. The lowest BCUT2D eigenvalue weighted by atomic mass is 10.0. The molecule has 1 fully saturated rings. The van der Waals surface area contributed by atoms with Gasteiger partial charge in [0.25, 0.3) is 0 Å². The standard InChI is InChI=1S/C22H20ClN3O3S/c1-2-28-19(27)13-26-21(20(25-22(26)30)16-5-3-4-12-24-16)18-11-10-17(29-18)14-6-8-15(23)9-7-14/h3-12,20-21H,2,13H2,1H3,(H,25,30)/t20-,21+/m1/s1. The first-order valence-electron chi connectivity index (χ1n) is 9.56. The number of furan rings is 1. The molecule has 1 aliphatic rings. The molecule has 2 aromatic heterocycles. The summed E-state index contributed by atoms with van der Waals surface area (Å²) in [6.45, 7) is 2.10. The van der Waals surface area contributed by atoms with Gasteiger partial charge in [0.1, 0.15) is 24.1 Å². The Hall–Kier alpha value is -2.90. The van der Waals surface area contributed by atoms with Gasteiger partial charge in [0.2, 0.25) is 0 Å². The van der Waals surface area contributed by atoms with Crippen LogP contribution in [0.15, 0.2) is 65.2 Å². The molecule has 0 bridgehead atoms. The number of pyridine rings is 1. The lowest BCUT2D eigenvalue weighted by Crippen LogP contribution is -2.35. The Morgan fingerprint density at radius 3 is 2.73 bits per heavy atom. The maximum Gasteiger partial charge on any atom is 0.325 e. The largest absolute Gasteiger partial charge is 0.465 e.